The molecule has 3 aromatic heterocycles. The van der Waals surface area contributed by atoms with Crippen LogP contribution in [-0.4, -0.2) is 35.2 Å². The maximum absolute atomic E-state index is 12.4. The second-order valence-electron chi connectivity index (χ2n) is 6.03. The molecule has 0 atom stereocenters. The van der Waals surface area contributed by atoms with Gasteiger partial charge in [0.25, 0.3) is 5.91 Å². The molecule has 1 aromatic carbocycles. The van der Waals surface area contributed by atoms with Crippen molar-refractivity contribution in [3.63, 3.8) is 0 Å². The Kier molecular flexibility index (Phi) is 5.63. The summed E-state index contributed by atoms with van der Waals surface area (Å²) in [5, 5.41) is 15.9. The fraction of sp³-hybridized carbons (Fsp3) is 0.111. The van der Waals surface area contributed by atoms with Crippen molar-refractivity contribution in [1.82, 2.24) is 29.3 Å². The molecule has 0 aliphatic heterocycles. The van der Waals surface area contributed by atoms with Gasteiger partial charge in [-0.1, -0.05) is 17.7 Å². The number of carbonyl (C=O) groups is 1. The fourth-order valence-electron chi connectivity index (χ4n) is 2.52. The summed E-state index contributed by atoms with van der Waals surface area (Å²) in [5.41, 5.74) is 0.828. The van der Waals surface area contributed by atoms with E-state index < -0.39 is 0 Å². The summed E-state index contributed by atoms with van der Waals surface area (Å²) in [6.07, 6.45) is 8.43. The lowest BCUT2D eigenvalue weighted by Crippen LogP contribution is -2.14. The molecular formula is C18H15BrClN7O2. The standard InChI is InChI=1S/C18H15BrClN7O2/c19-13-7-21-26(9-13)11-25-5-4-17(24-25)18(28)23-15-8-22-27(10-15)12-29-16-3-1-2-14(20)6-16/h1-10H,11-12H2,(H,23,28). The van der Waals surface area contributed by atoms with Gasteiger partial charge in [0.1, 0.15) is 12.4 Å². The highest BCUT2D eigenvalue weighted by Gasteiger charge is 2.11. The number of halogens is 2. The number of nitrogens with zero attached hydrogens (tertiary/aromatic N) is 6. The van der Waals surface area contributed by atoms with Crippen molar-refractivity contribution in [2.75, 3.05) is 5.32 Å². The van der Waals surface area contributed by atoms with E-state index in [9.17, 15) is 4.79 Å². The van der Waals surface area contributed by atoms with E-state index in [1.54, 1.807) is 63.0 Å². The molecule has 0 aliphatic carbocycles. The third-order valence-corrected chi connectivity index (χ3v) is 4.46. The van der Waals surface area contributed by atoms with Crippen LogP contribution in [0.3, 0.4) is 0 Å². The minimum absolute atomic E-state index is 0.185. The van der Waals surface area contributed by atoms with Gasteiger partial charge in [-0.3, -0.25) is 9.48 Å². The summed E-state index contributed by atoms with van der Waals surface area (Å²) in [5.74, 6) is 0.300. The molecule has 1 N–H and O–H groups in total. The summed E-state index contributed by atoms with van der Waals surface area (Å²) >= 11 is 9.27. The Bertz CT molecular complexity index is 1140. The first-order valence-electron chi connectivity index (χ1n) is 8.49. The molecule has 4 aromatic rings. The van der Waals surface area contributed by atoms with E-state index >= 15 is 0 Å². The van der Waals surface area contributed by atoms with Crippen LogP contribution in [-0.2, 0) is 13.4 Å². The maximum atomic E-state index is 12.4. The Morgan fingerprint density at radius 3 is 2.79 bits per heavy atom. The highest BCUT2D eigenvalue weighted by Crippen LogP contribution is 2.17. The number of benzene rings is 1. The molecule has 11 heteroatoms. The molecule has 0 radical (unpaired) electrons. The molecule has 0 saturated carbocycles. The monoisotopic (exact) mass is 475 g/mol. The largest absolute Gasteiger partial charge is 0.471 e. The van der Waals surface area contributed by atoms with Gasteiger partial charge in [0, 0.05) is 17.4 Å². The number of ether oxygens (including phenoxy) is 1. The molecular weight excluding hydrogens is 462 g/mol. The molecule has 4 rings (SSSR count). The Balaban J connectivity index is 1.33. The number of carbonyl (C=O) groups excluding carboxylic acids is 1. The average Bonchev–Trinajstić information content (AvgIpc) is 3.42. The highest BCUT2D eigenvalue weighted by molar-refractivity contribution is 9.10. The number of anilines is 1. The molecule has 0 unspecified atom stereocenters. The van der Waals surface area contributed by atoms with E-state index in [1.165, 1.54) is 6.20 Å². The summed E-state index contributed by atoms with van der Waals surface area (Å²) in [4.78, 5) is 12.4. The first kappa shape index (κ1) is 19.2. The molecule has 0 fully saturated rings. The SMILES string of the molecule is O=C(Nc1cnn(COc2cccc(Cl)c2)c1)c1ccn(Cn2cc(Br)cn2)n1. The van der Waals surface area contributed by atoms with Crippen LogP contribution in [0.25, 0.3) is 0 Å². The van der Waals surface area contributed by atoms with Crippen molar-refractivity contribution in [3.8, 4) is 5.75 Å². The van der Waals surface area contributed by atoms with Crippen LogP contribution >= 0.6 is 27.5 Å². The van der Waals surface area contributed by atoms with E-state index in [0.29, 0.717) is 28.8 Å². The molecule has 9 nitrogen and oxygen atoms in total. The third-order valence-electron chi connectivity index (χ3n) is 3.82. The molecule has 0 saturated heterocycles. The third kappa shape index (κ3) is 5.04. The van der Waals surface area contributed by atoms with Crippen LogP contribution in [0.4, 0.5) is 5.69 Å². The number of amides is 1. The van der Waals surface area contributed by atoms with Crippen molar-refractivity contribution in [2.24, 2.45) is 0 Å². The van der Waals surface area contributed by atoms with E-state index in [4.69, 9.17) is 16.3 Å². The number of aromatic nitrogens is 6. The zero-order valence-corrected chi connectivity index (χ0v) is 17.3. The Labute approximate surface area is 179 Å². The van der Waals surface area contributed by atoms with Crippen molar-refractivity contribution in [1.29, 1.82) is 0 Å². The predicted molar refractivity (Wildman–Crippen MR) is 110 cm³/mol. The van der Waals surface area contributed by atoms with Crippen LogP contribution in [0.2, 0.25) is 5.02 Å². The first-order valence-corrected chi connectivity index (χ1v) is 9.66. The topological polar surface area (TPSA) is 91.8 Å². The van der Waals surface area contributed by atoms with Crippen molar-refractivity contribution in [3.05, 3.63) is 76.5 Å². The lowest BCUT2D eigenvalue weighted by atomic mass is 10.3. The van der Waals surface area contributed by atoms with Gasteiger partial charge in [-0.2, -0.15) is 15.3 Å². The fourth-order valence-corrected chi connectivity index (χ4v) is 3.03. The number of nitrogens with one attached hydrogen (secondary N) is 1. The number of hydrogen-bond acceptors (Lipinski definition) is 5. The molecule has 3 heterocycles. The average molecular weight is 477 g/mol. The van der Waals surface area contributed by atoms with Gasteiger partial charge in [0.05, 0.1) is 28.8 Å². The van der Waals surface area contributed by atoms with Gasteiger partial charge in [-0.15, -0.1) is 0 Å². The van der Waals surface area contributed by atoms with Crippen LogP contribution < -0.4 is 10.1 Å². The summed E-state index contributed by atoms with van der Waals surface area (Å²) in [7, 11) is 0. The van der Waals surface area contributed by atoms with Gasteiger partial charge in [0.2, 0.25) is 0 Å². The highest BCUT2D eigenvalue weighted by atomic mass is 79.9. The van der Waals surface area contributed by atoms with Crippen LogP contribution in [0, 0.1) is 0 Å². The van der Waals surface area contributed by atoms with Gasteiger partial charge in [-0.05, 0) is 40.2 Å². The van der Waals surface area contributed by atoms with Gasteiger partial charge in [-0.25, -0.2) is 9.36 Å². The Morgan fingerprint density at radius 1 is 1.14 bits per heavy atom. The summed E-state index contributed by atoms with van der Waals surface area (Å²) in [6, 6.07) is 8.73. The molecule has 0 spiro atoms. The van der Waals surface area contributed by atoms with Crippen molar-refractivity contribution >= 4 is 39.1 Å². The summed E-state index contributed by atoms with van der Waals surface area (Å²) in [6.45, 7) is 0.585. The van der Waals surface area contributed by atoms with Gasteiger partial charge >= 0.3 is 0 Å². The minimum Gasteiger partial charge on any atom is -0.471 e. The van der Waals surface area contributed by atoms with E-state index in [1.807, 2.05) is 6.20 Å². The number of hydrogen-bond donors (Lipinski definition) is 1. The molecule has 1 amide bonds. The maximum Gasteiger partial charge on any atom is 0.276 e. The van der Waals surface area contributed by atoms with E-state index in [0.717, 1.165) is 4.47 Å². The van der Waals surface area contributed by atoms with Crippen LogP contribution in [0.5, 0.6) is 5.75 Å². The van der Waals surface area contributed by atoms with E-state index in [-0.39, 0.29) is 12.6 Å². The molecule has 0 bridgehead atoms. The number of rotatable bonds is 7. The molecule has 0 aliphatic rings. The minimum atomic E-state index is -0.333. The first-order chi connectivity index (χ1) is 14.0. The predicted octanol–water partition coefficient (Wildman–Crippen LogP) is 3.49. The lowest BCUT2D eigenvalue weighted by molar-refractivity contribution is 0.102. The Hall–Kier alpha value is -3.11. The van der Waals surface area contributed by atoms with Gasteiger partial charge in [0.15, 0.2) is 12.4 Å². The second kappa shape index (κ2) is 8.50. The summed E-state index contributed by atoms with van der Waals surface area (Å²) < 4.78 is 11.4. The zero-order valence-electron chi connectivity index (χ0n) is 14.9. The quantitative estimate of drug-likeness (QED) is 0.441. The smallest absolute Gasteiger partial charge is 0.276 e. The van der Waals surface area contributed by atoms with E-state index in [2.05, 4.69) is 36.5 Å². The van der Waals surface area contributed by atoms with Gasteiger partial charge < -0.3 is 10.1 Å². The molecule has 148 valence electrons. The zero-order chi connectivity index (χ0) is 20.2. The lowest BCUT2D eigenvalue weighted by Gasteiger charge is -2.06. The van der Waals surface area contributed by atoms with Crippen LogP contribution in [0.1, 0.15) is 10.5 Å². The molecule has 29 heavy (non-hydrogen) atoms. The Morgan fingerprint density at radius 2 is 2.00 bits per heavy atom. The second-order valence-corrected chi connectivity index (χ2v) is 7.39. The van der Waals surface area contributed by atoms with Crippen molar-refractivity contribution in [2.45, 2.75) is 13.4 Å². The van der Waals surface area contributed by atoms with Crippen LogP contribution in [0.15, 0.2) is 65.8 Å². The normalized spacial score (nSPS) is 10.8. The van der Waals surface area contributed by atoms with Crippen molar-refractivity contribution < 1.29 is 9.53 Å².